The van der Waals surface area contributed by atoms with Crippen LogP contribution >= 0.6 is 11.3 Å². The molecule has 0 aliphatic carbocycles. The third kappa shape index (κ3) is 3.47. The number of nitrogens with one attached hydrogen (secondary N) is 1. The van der Waals surface area contributed by atoms with Gasteiger partial charge in [-0.2, -0.15) is 0 Å². The van der Waals surface area contributed by atoms with Crippen molar-refractivity contribution in [1.82, 2.24) is 9.88 Å². The minimum absolute atomic E-state index is 0.0868. The van der Waals surface area contributed by atoms with Crippen LogP contribution in [0.3, 0.4) is 0 Å². The molecule has 7 heteroatoms. The molecule has 1 aliphatic heterocycles. The molecule has 1 fully saturated rings. The van der Waals surface area contributed by atoms with Crippen molar-refractivity contribution < 1.29 is 9.59 Å². The van der Waals surface area contributed by atoms with Crippen LogP contribution < -0.4 is 11.1 Å². The number of hydrogen-bond acceptors (Lipinski definition) is 5. The first kappa shape index (κ1) is 16.6. The maximum Gasteiger partial charge on any atom is 0.240 e. The van der Waals surface area contributed by atoms with E-state index in [1.165, 1.54) is 11.3 Å². The number of nitrogens with zero attached hydrogens (tertiary/aromatic N) is 2. The average Bonchev–Trinajstić information content (AvgIpc) is 3.09. The van der Waals surface area contributed by atoms with Gasteiger partial charge in [0.2, 0.25) is 11.8 Å². The quantitative estimate of drug-likeness (QED) is 0.862. The predicted octanol–water partition coefficient (Wildman–Crippen LogP) is 1.60. The van der Waals surface area contributed by atoms with Gasteiger partial charge in [-0.25, -0.2) is 4.98 Å². The molecular formula is C17H20N4O2S. The molecule has 3 rings (SSSR count). The van der Waals surface area contributed by atoms with Gasteiger partial charge in [0.05, 0.1) is 12.0 Å². The number of hydrogen-bond donors (Lipinski definition) is 2. The highest BCUT2D eigenvalue weighted by Crippen LogP contribution is 2.35. The number of carbonyl (C=O) groups is 2. The standard InChI is InChI=1S/C17H20N4O2S/c18-15(23)17(13-4-2-1-3-5-13)6-9-21(10-7-17)12-14(22)20-16-19-8-11-24-16/h1-5,8,11H,6-7,9-10,12H2,(H2,18,23)(H,19,20,22). The Bertz CT molecular complexity index is 695. The molecule has 2 heterocycles. The van der Waals surface area contributed by atoms with Crippen LogP contribution in [0.1, 0.15) is 18.4 Å². The van der Waals surface area contributed by atoms with Crippen molar-refractivity contribution in [3.8, 4) is 0 Å². The summed E-state index contributed by atoms with van der Waals surface area (Å²) in [7, 11) is 0. The summed E-state index contributed by atoms with van der Waals surface area (Å²) in [6, 6.07) is 9.68. The van der Waals surface area contributed by atoms with Crippen LogP contribution in [-0.4, -0.2) is 41.3 Å². The summed E-state index contributed by atoms with van der Waals surface area (Å²) in [5.74, 6) is -0.378. The Hall–Kier alpha value is -2.25. The van der Waals surface area contributed by atoms with Crippen LogP contribution in [0.15, 0.2) is 41.9 Å². The first-order valence-electron chi connectivity index (χ1n) is 7.87. The third-order valence-electron chi connectivity index (χ3n) is 4.55. The molecule has 1 aromatic heterocycles. The largest absolute Gasteiger partial charge is 0.369 e. The lowest BCUT2D eigenvalue weighted by Gasteiger charge is -2.39. The van der Waals surface area contributed by atoms with Gasteiger partial charge in [-0.15, -0.1) is 11.3 Å². The number of benzene rings is 1. The number of piperidine rings is 1. The van der Waals surface area contributed by atoms with E-state index in [-0.39, 0.29) is 11.8 Å². The maximum absolute atomic E-state index is 12.1. The third-order valence-corrected chi connectivity index (χ3v) is 5.24. The van der Waals surface area contributed by atoms with Crippen molar-refractivity contribution in [3.05, 3.63) is 47.5 Å². The molecular weight excluding hydrogens is 324 g/mol. The van der Waals surface area contributed by atoms with Crippen LogP contribution in [0.2, 0.25) is 0 Å². The van der Waals surface area contributed by atoms with Gasteiger partial charge < -0.3 is 11.1 Å². The minimum atomic E-state index is -0.635. The number of amides is 2. The summed E-state index contributed by atoms with van der Waals surface area (Å²) < 4.78 is 0. The monoisotopic (exact) mass is 344 g/mol. The van der Waals surface area contributed by atoms with E-state index in [1.54, 1.807) is 6.20 Å². The molecule has 1 aliphatic rings. The zero-order chi connectivity index (χ0) is 17.0. The van der Waals surface area contributed by atoms with Crippen molar-refractivity contribution in [2.24, 2.45) is 5.73 Å². The van der Waals surface area contributed by atoms with Crippen molar-refractivity contribution >= 4 is 28.3 Å². The van der Waals surface area contributed by atoms with Gasteiger partial charge in [0, 0.05) is 24.7 Å². The molecule has 0 unspecified atom stereocenters. The van der Waals surface area contributed by atoms with Gasteiger partial charge in [-0.05, 0) is 18.4 Å². The fourth-order valence-corrected chi connectivity index (χ4v) is 3.72. The zero-order valence-corrected chi connectivity index (χ0v) is 14.1. The Morgan fingerprint density at radius 2 is 1.96 bits per heavy atom. The van der Waals surface area contributed by atoms with Crippen molar-refractivity contribution in [1.29, 1.82) is 0 Å². The van der Waals surface area contributed by atoms with Gasteiger partial charge in [0.15, 0.2) is 5.13 Å². The van der Waals surface area contributed by atoms with Crippen LogP contribution in [0.25, 0.3) is 0 Å². The summed E-state index contributed by atoms with van der Waals surface area (Å²) in [5, 5.41) is 5.20. The van der Waals surface area contributed by atoms with Crippen LogP contribution in [0.4, 0.5) is 5.13 Å². The summed E-state index contributed by atoms with van der Waals surface area (Å²) in [4.78, 5) is 30.3. The average molecular weight is 344 g/mol. The number of rotatable bonds is 5. The van der Waals surface area contributed by atoms with Crippen molar-refractivity contribution in [2.75, 3.05) is 25.0 Å². The van der Waals surface area contributed by atoms with Crippen LogP contribution in [-0.2, 0) is 15.0 Å². The number of anilines is 1. The molecule has 3 N–H and O–H groups in total. The highest BCUT2D eigenvalue weighted by atomic mass is 32.1. The molecule has 0 saturated carbocycles. The summed E-state index contributed by atoms with van der Waals surface area (Å²) in [5.41, 5.74) is 6.05. The van der Waals surface area contributed by atoms with E-state index in [4.69, 9.17) is 5.73 Å². The molecule has 1 aromatic carbocycles. The summed E-state index contributed by atoms with van der Waals surface area (Å²) in [6.07, 6.45) is 2.90. The number of aromatic nitrogens is 1. The second kappa shape index (κ2) is 7.11. The second-order valence-electron chi connectivity index (χ2n) is 5.97. The number of primary amides is 1. The normalized spacial score (nSPS) is 17.3. The first-order valence-corrected chi connectivity index (χ1v) is 8.75. The SMILES string of the molecule is NC(=O)C1(c2ccccc2)CCN(CC(=O)Nc2nccs2)CC1. The van der Waals surface area contributed by atoms with Gasteiger partial charge in [-0.1, -0.05) is 30.3 Å². The molecule has 0 atom stereocenters. The topological polar surface area (TPSA) is 88.3 Å². The van der Waals surface area contributed by atoms with Crippen LogP contribution in [0, 0.1) is 0 Å². The molecule has 2 aromatic rings. The molecule has 0 spiro atoms. The molecule has 24 heavy (non-hydrogen) atoms. The number of carbonyl (C=O) groups excluding carboxylic acids is 2. The second-order valence-corrected chi connectivity index (χ2v) is 6.87. The Morgan fingerprint density at radius 3 is 2.54 bits per heavy atom. The lowest BCUT2D eigenvalue weighted by Crippen LogP contribution is -2.51. The van der Waals surface area contributed by atoms with Gasteiger partial charge in [0.25, 0.3) is 0 Å². The van der Waals surface area contributed by atoms with E-state index in [9.17, 15) is 9.59 Å². The summed E-state index contributed by atoms with van der Waals surface area (Å²) in [6.45, 7) is 1.61. The lowest BCUT2D eigenvalue weighted by molar-refractivity contribution is -0.125. The van der Waals surface area contributed by atoms with E-state index in [2.05, 4.69) is 10.3 Å². The van der Waals surface area contributed by atoms with E-state index < -0.39 is 5.41 Å². The number of thiazole rings is 1. The first-order chi connectivity index (χ1) is 11.6. The molecule has 0 radical (unpaired) electrons. The van der Waals surface area contributed by atoms with Crippen molar-refractivity contribution in [3.63, 3.8) is 0 Å². The summed E-state index contributed by atoms with van der Waals surface area (Å²) >= 11 is 1.39. The number of nitrogens with two attached hydrogens (primary N) is 1. The van der Waals surface area contributed by atoms with E-state index >= 15 is 0 Å². The molecule has 1 saturated heterocycles. The minimum Gasteiger partial charge on any atom is -0.369 e. The lowest BCUT2D eigenvalue weighted by atomic mass is 9.72. The number of likely N-dealkylation sites (tertiary alicyclic amines) is 1. The van der Waals surface area contributed by atoms with Gasteiger partial charge in [-0.3, -0.25) is 14.5 Å². The van der Waals surface area contributed by atoms with Crippen LogP contribution in [0.5, 0.6) is 0 Å². The molecule has 126 valence electrons. The predicted molar refractivity (Wildman–Crippen MR) is 93.7 cm³/mol. The molecule has 0 bridgehead atoms. The highest BCUT2D eigenvalue weighted by Gasteiger charge is 2.41. The zero-order valence-electron chi connectivity index (χ0n) is 13.3. The fraction of sp³-hybridized carbons (Fsp3) is 0.353. The maximum atomic E-state index is 12.1. The van der Waals surface area contributed by atoms with Gasteiger partial charge in [0.1, 0.15) is 0 Å². The Balaban J connectivity index is 1.61. The molecule has 6 nitrogen and oxygen atoms in total. The van der Waals surface area contributed by atoms with Gasteiger partial charge >= 0.3 is 0 Å². The fourth-order valence-electron chi connectivity index (χ4n) is 3.17. The molecule has 2 amide bonds. The Morgan fingerprint density at radius 1 is 1.25 bits per heavy atom. The van der Waals surface area contributed by atoms with E-state index in [0.29, 0.717) is 37.6 Å². The smallest absolute Gasteiger partial charge is 0.240 e. The van der Waals surface area contributed by atoms with E-state index in [0.717, 1.165) is 5.56 Å². The van der Waals surface area contributed by atoms with Crippen molar-refractivity contribution in [2.45, 2.75) is 18.3 Å². The highest BCUT2D eigenvalue weighted by molar-refractivity contribution is 7.13. The Labute approximate surface area is 144 Å². The van der Waals surface area contributed by atoms with E-state index in [1.807, 2.05) is 40.6 Å². The Kier molecular flexibility index (Phi) is 4.92.